The molecule has 40 heavy (non-hydrogen) atoms. The monoisotopic (exact) mass is 567 g/mol. The molecule has 3 aliphatic heterocycles. The second-order valence-electron chi connectivity index (χ2n) is 12.2. The SMILES string of the molecule is CC[C@@H]1OC(=O)C[C@H](O)[C@@H](C)[C@@H](O[C@@H]2O[C@H](C)C[C@H](N(C)C)[C@@H]2O)[C@@H](CC=O)C[C@@H](C)C(=O)/C=C/[C@H]2O[C@@H]2[C@H]1C. The third kappa shape index (κ3) is 8.20. The van der Waals surface area contributed by atoms with Crippen LogP contribution in [-0.2, 0) is 33.3 Å². The number of carbonyl (C=O) groups is 3. The van der Waals surface area contributed by atoms with Gasteiger partial charge in [0.05, 0.1) is 30.8 Å². The van der Waals surface area contributed by atoms with E-state index in [2.05, 4.69) is 0 Å². The van der Waals surface area contributed by atoms with Crippen molar-refractivity contribution < 1.29 is 43.5 Å². The summed E-state index contributed by atoms with van der Waals surface area (Å²) < 4.78 is 24.0. The van der Waals surface area contributed by atoms with Gasteiger partial charge in [0, 0.05) is 30.2 Å². The van der Waals surface area contributed by atoms with Crippen LogP contribution >= 0.6 is 0 Å². The summed E-state index contributed by atoms with van der Waals surface area (Å²) in [5, 5.41) is 22.3. The van der Waals surface area contributed by atoms with Crippen molar-refractivity contribution in [3.8, 4) is 0 Å². The predicted molar refractivity (Wildman–Crippen MR) is 147 cm³/mol. The van der Waals surface area contributed by atoms with Crippen LogP contribution in [0.5, 0.6) is 0 Å². The molecular formula is C30H49NO9. The maximum atomic E-state index is 13.1. The number of aliphatic hydroxyl groups excluding tert-OH is 2. The lowest BCUT2D eigenvalue weighted by molar-refractivity contribution is -0.283. The van der Waals surface area contributed by atoms with Gasteiger partial charge in [0.25, 0.3) is 0 Å². The van der Waals surface area contributed by atoms with Crippen LogP contribution < -0.4 is 0 Å². The van der Waals surface area contributed by atoms with Crippen molar-refractivity contribution >= 4 is 18.0 Å². The van der Waals surface area contributed by atoms with Crippen molar-refractivity contribution in [2.45, 2.75) is 122 Å². The molecule has 2 saturated heterocycles. The summed E-state index contributed by atoms with van der Waals surface area (Å²) in [4.78, 5) is 39.7. The van der Waals surface area contributed by atoms with Gasteiger partial charge in [-0.1, -0.05) is 27.7 Å². The van der Waals surface area contributed by atoms with Gasteiger partial charge >= 0.3 is 5.97 Å². The molecule has 0 radical (unpaired) electrons. The molecule has 0 aliphatic carbocycles. The number of likely N-dealkylation sites (N-methyl/N-ethyl adjacent to an activating group) is 1. The molecule has 0 amide bonds. The van der Waals surface area contributed by atoms with Crippen LogP contribution in [-0.4, -0.2) is 102 Å². The van der Waals surface area contributed by atoms with Crippen LogP contribution in [0.25, 0.3) is 0 Å². The Labute approximate surface area is 238 Å². The van der Waals surface area contributed by atoms with E-state index in [1.807, 2.05) is 39.8 Å². The van der Waals surface area contributed by atoms with Crippen LogP contribution in [0.3, 0.4) is 0 Å². The molecule has 2 N–H and O–H groups in total. The number of aldehydes is 1. The highest BCUT2D eigenvalue weighted by atomic mass is 16.7. The highest BCUT2D eigenvalue weighted by molar-refractivity contribution is 5.91. The van der Waals surface area contributed by atoms with Gasteiger partial charge < -0.3 is 38.9 Å². The topological polar surface area (TPSA) is 135 Å². The van der Waals surface area contributed by atoms with Crippen molar-refractivity contribution in [1.29, 1.82) is 0 Å². The number of esters is 1. The molecule has 0 aromatic heterocycles. The first kappa shape index (κ1) is 32.8. The number of epoxide rings is 1. The van der Waals surface area contributed by atoms with Gasteiger partial charge in [0.15, 0.2) is 12.1 Å². The van der Waals surface area contributed by atoms with Crippen LogP contribution in [0, 0.1) is 23.7 Å². The van der Waals surface area contributed by atoms with Gasteiger partial charge in [0.1, 0.15) is 24.6 Å². The van der Waals surface area contributed by atoms with Crippen LogP contribution in [0.2, 0.25) is 0 Å². The molecule has 3 aliphatic rings. The zero-order valence-electron chi connectivity index (χ0n) is 25.0. The lowest BCUT2D eigenvalue weighted by Gasteiger charge is -2.44. The number of carbonyl (C=O) groups excluding carboxylic acids is 3. The predicted octanol–water partition coefficient (Wildman–Crippen LogP) is 2.28. The maximum absolute atomic E-state index is 13.1. The summed E-state index contributed by atoms with van der Waals surface area (Å²) in [6.45, 7) is 9.34. The summed E-state index contributed by atoms with van der Waals surface area (Å²) in [5.74, 6) is -2.24. The van der Waals surface area contributed by atoms with E-state index in [1.54, 1.807) is 19.9 Å². The molecule has 0 spiro atoms. The van der Waals surface area contributed by atoms with Gasteiger partial charge in [-0.15, -0.1) is 0 Å². The standard InChI is InChI=1S/C30H49NO9/c1-8-24-19(5)29-25(39-29)10-9-22(33)16(2)13-20(11-12-32)28(18(4)23(34)15-26(35)38-24)40-30-27(36)21(31(6)7)14-17(3)37-30/h9-10,12,16-21,23-25,27-30,34,36H,8,11,13-15H2,1-7H3/b10-9+/t16-,17-,18-,19+,20+,21+,23+,24+,25-,27+,28-,29-,30+/m1/s1. The van der Waals surface area contributed by atoms with Crippen LogP contribution in [0.1, 0.15) is 66.7 Å². The van der Waals surface area contributed by atoms with E-state index < -0.39 is 54.4 Å². The van der Waals surface area contributed by atoms with E-state index in [0.29, 0.717) is 19.3 Å². The number of ether oxygens (including phenoxy) is 4. The fraction of sp³-hybridized carbons (Fsp3) is 0.833. The number of hydrogen-bond acceptors (Lipinski definition) is 10. The van der Waals surface area contributed by atoms with E-state index in [0.717, 1.165) is 6.29 Å². The molecule has 228 valence electrons. The summed E-state index contributed by atoms with van der Waals surface area (Å²) in [7, 11) is 3.76. The van der Waals surface area contributed by atoms with Crippen molar-refractivity contribution in [3.63, 3.8) is 0 Å². The van der Waals surface area contributed by atoms with E-state index >= 15 is 0 Å². The largest absolute Gasteiger partial charge is 0.462 e. The Morgan fingerprint density at radius 2 is 1.77 bits per heavy atom. The minimum Gasteiger partial charge on any atom is -0.462 e. The van der Waals surface area contributed by atoms with Gasteiger partial charge in [-0.25, -0.2) is 0 Å². The highest BCUT2D eigenvalue weighted by Gasteiger charge is 2.46. The van der Waals surface area contributed by atoms with Gasteiger partial charge in [-0.2, -0.15) is 0 Å². The molecule has 0 aromatic rings. The minimum atomic E-state index is -1.15. The zero-order chi connectivity index (χ0) is 29.7. The second-order valence-corrected chi connectivity index (χ2v) is 12.2. The average molecular weight is 568 g/mol. The number of allylic oxidation sites excluding steroid dienone is 1. The van der Waals surface area contributed by atoms with Crippen molar-refractivity contribution in [3.05, 3.63) is 12.2 Å². The van der Waals surface area contributed by atoms with Crippen molar-refractivity contribution in [2.75, 3.05) is 14.1 Å². The molecule has 0 aromatic carbocycles. The number of rotatable bonds is 6. The van der Waals surface area contributed by atoms with Gasteiger partial charge in [0.2, 0.25) is 0 Å². The molecule has 3 rings (SSSR count). The molecular weight excluding hydrogens is 518 g/mol. The first-order chi connectivity index (χ1) is 18.9. The normalized spacial score (nSPS) is 44.5. The third-order valence-electron chi connectivity index (χ3n) is 8.88. The van der Waals surface area contributed by atoms with E-state index in [-0.39, 0.29) is 48.9 Å². The zero-order valence-corrected chi connectivity index (χ0v) is 25.0. The summed E-state index contributed by atoms with van der Waals surface area (Å²) in [5.41, 5.74) is 0. The number of nitrogens with zero attached hydrogens (tertiary/aromatic N) is 1. The Morgan fingerprint density at radius 1 is 1.07 bits per heavy atom. The highest BCUT2D eigenvalue weighted by Crippen LogP contribution is 2.36. The Morgan fingerprint density at radius 3 is 2.40 bits per heavy atom. The molecule has 13 atom stereocenters. The fourth-order valence-corrected chi connectivity index (χ4v) is 6.17. The first-order valence-corrected chi connectivity index (χ1v) is 14.7. The minimum absolute atomic E-state index is 0.0756. The second kappa shape index (κ2) is 14.5. The maximum Gasteiger partial charge on any atom is 0.308 e. The quantitative estimate of drug-likeness (QED) is 0.280. The Kier molecular flexibility index (Phi) is 11.9. The third-order valence-corrected chi connectivity index (χ3v) is 8.88. The number of cyclic esters (lactones) is 1. The lowest BCUT2D eigenvalue weighted by Crippen LogP contribution is -2.56. The van der Waals surface area contributed by atoms with E-state index in [4.69, 9.17) is 18.9 Å². The summed E-state index contributed by atoms with van der Waals surface area (Å²) in [6.07, 6.45) is 0.502. The Bertz CT molecular complexity index is 894. The summed E-state index contributed by atoms with van der Waals surface area (Å²) >= 11 is 0. The van der Waals surface area contributed by atoms with Crippen LogP contribution in [0.15, 0.2) is 12.2 Å². The van der Waals surface area contributed by atoms with Crippen LogP contribution in [0.4, 0.5) is 0 Å². The van der Waals surface area contributed by atoms with Gasteiger partial charge in [-0.3, -0.25) is 9.59 Å². The summed E-state index contributed by atoms with van der Waals surface area (Å²) in [6, 6.07) is -0.216. The fourth-order valence-electron chi connectivity index (χ4n) is 6.17. The average Bonchev–Trinajstić information content (AvgIpc) is 3.68. The molecule has 0 saturated carbocycles. The van der Waals surface area contributed by atoms with E-state index in [1.165, 1.54) is 6.08 Å². The number of aliphatic hydroxyl groups is 2. The van der Waals surface area contributed by atoms with Crippen molar-refractivity contribution in [1.82, 2.24) is 4.90 Å². The Balaban J connectivity index is 1.93. The van der Waals surface area contributed by atoms with Crippen molar-refractivity contribution in [2.24, 2.45) is 23.7 Å². The molecule has 10 nitrogen and oxygen atoms in total. The molecule has 2 fully saturated rings. The smallest absolute Gasteiger partial charge is 0.308 e. The first-order valence-electron chi connectivity index (χ1n) is 14.7. The molecule has 0 unspecified atom stereocenters. The van der Waals surface area contributed by atoms with E-state index in [9.17, 15) is 24.6 Å². The number of hydrogen-bond donors (Lipinski definition) is 2. The number of ketones is 1. The molecule has 3 heterocycles. The number of fused-ring (bicyclic) bond motifs is 1. The molecule has 0 bridgehead atoms. The molecule has 10 heteroatoms. The van der Waals surface area contributed by atoms with Gasteiger partial charge in [-0.05, 0) is 58.4 Å². The Hall–Kier alpha value is -1.69. The lowest BCUT2D eigenvalue weighted by atomic mass is 9.79.